The monoisotopic (exact) mass is 418 g/mol. The SMILES string of the molecule is C=C/C=C(\C=C)CNC(=O)NCCOC(=O)NCC(/C=C/CNC(=O)OC)=C/C=C. The fourth-order valence-corrected chi connectivity index (χ4v) is 1.88. The maximum Gasteiger partial charge on any atom is 0.407 e. The number of rotatable bonds is 13. The molecule has 0 atom stereocenters. The van der Waals surface area contributed by atoms with Crippen molar-refractivity contribution >= 4 is 18.2 Å². The van der Waals surface area contributed by atoms with Gasteiger partial charge in [0.15, 0.2) is 0 Å². The summed E-state index contributed by atoms with van der Waals surface area (Å²) in [7, 11) is 1.28. The number of hydrogen-bond acceptors (Lipinski definition) is 5. The van der Waals surface area contributed by atoms with E-state index in [0.717, 1.165) is 11.1 Å². The highest BCUT2D eigenvalue weighted by Crippen LogP contribution is 1.96. The van der Waals surface area contributed by atoms with Crippen LogP contribution in [0.2, 0.25) is 0 Å². The highest BCUT2D eigenvalue weighted by atomic mass is 16.5. The standard InChI is InChI=1S/C21H30N4O5/c1-5-9-17(7-3)15-24-19(26)22-13-14-30-21(28)25-16-18(10-6-2)11-8-12-23-20(27)29-4/h5-11H,1-3,12-16H2,4H3,(H,23,27)(H,25,28)(H2,22,24,26)/b11-8+,17-9+,18-10+. The van der Waals surface area contributed by atoms with Gasteiger partial charge in [-0.1, -0.05) is 62.3 Å². The van der Waals surface area contributed by atoms with E-state index in [1.807, 2.05) is 0 Å². The van der Waals surface area contributed by atoms with Gasteiger partial charge < -0.3 is 30.7 Å². The van der Waals surface area contributed by atoms with Crippen LogP contribution in [0, 0.1) is 0 Å². The van der Waals surface area contributed by atoms with Crippen molar-refractivity contribution < 1.29 is 23.9 Å². The summed E-state index contributed by atoms with van der Waals surface area (Å²) in [5.74, 6) is 0. The highest BCUT2D eigenvalue weighted by molar-refractivity contribution is 5.74. The zero-order chi connectivity index (χ0) is 22.6. The van der Waals surface area contributed by atoms with Crippen LogP contribution in [-0.2, 0) is 9.47 Å². The van der Waals surface area contributed by atoms with Crippen molar-refractivity contribution in [2.75, 3.05) is 39.9 Å². The van der Waals surface area contributed by atoms with E-state index in [9.17, 15) is 14.4 Å². The van der Waals surface area contributed by atoms with Crippen molar-refractivity contribution in [2.45, 2.75) is 0 Å². The summed E-state index contributed by atoms with van der Waals surface area (Å²) in [6.07, 6.45) is 10.5. The lowest BCUT2D eigenvalue weighted by molar-refractivity contribution is 0.147. The van der Waals surface area contributed by atoms with E-state index >= 15 is 0 Å². The van der Waals surface area contributed by atoms with Crippen molar-refractivity contribution in [1.82, 2.24) is 21.3 Å². The highest BCUT2D eigenvalue weighted by Gasteiger charge is 2.04. The molecule has 0 aromatic rings. The number of ether oxygens (including phenoxy) is 2. The fraction of sp³-hybridized carbons (Fsp3) is 0.286. The van der Waals surface area contributed by atoms with Gasteiger partial charge in [0.25, 0.3) is 0 Å². The smallest absolute Gasteiger partial charge is 0.407 e. The van der Waals surface area contributed by atoms with Gasteiger partial charge in [-0.05, 0) is 11.1 Å². The second-order valence-corrected chi connectivity index (χ2v) is 5.53. The van der Waals surface area contributed by atoms with Crippen LogP contribution in [0.5, 0.6) is 0 Å². The number of nitrogens with one attached hydrogen (secondary N) is 4. The maximum atomic E-state index is 11.7. The third-order valence-corrected chi connectivity index (χ3v) is 3.32. The first-order chi connectivity index (χ1) is 14.5. The largest absolute Gasteiger partial charge is 0.453 e. The first-order valence-corrected chi connectivity index (χ1v) is 9.13. The van der Waals surface area contributed by atoms with Gasteiger partial charge in [-0.25, -0.2) is 14.4 Å². The lowest BCUT2D eigenvalue weighted by Crippen LogP contribution is -2.39. The molecule has 0 spiro atoms. The Bertz CT molecular complexity index is 696. The number of carbonyl (C=O) groups excluding carboxylic acids is 3. The molecule has 30 heavy (non-hydrogen) atoms. The lowest BCUT2D eigenvalue weighted by atomic mass is 10.2. The van der Waals surface area contributed by atoms with Gasteiger partial charge in [0, 0.05) is 19.6 Å². The van der Waals surface area contributed by atoms with E-state index in [1.54, 1.807) is 42.5 Å². The van der Waals surface area contributed by atoms with Crippen LogP contribution >= 0.6 is 0 Å². The van der Waals surface area contributed by atoms with Crippen molar-refractivity contribution in [3.05, 3.63) is 73.4 Å². The summed E-state index contributed by atoms with van der Waals surface area (Å²) in [6.45, 7) is 11.8. The minimum Gasteiger partial charge on any atom is -0.453 e. The summed E-state index contributed by atoms with van der Waals surface area (Å²) in [5.41, 5.74) is 1.56. The number of methoxy groups -OCH3 is 1. The second-order valence-electron chi connectivity index (χ2n) is 5.53. The van der Waals surface area contributed by atoms with Crippen molar-refractivity contribution in [3.63, 3.8) is 0 Å². The molecule has 164 valence electrons. The van der Waals surface area contributed by atoms with Crippen LogP contribution in [0.4, 0.5) is 14.4 Å². The second kappa shape index (κ2) is 17.4. The summed E-state index contributed by atoms with van der Waals surface area (Å²) < 4.78 is 9.45. The van der Waals surface area contributed by atoms with Crippen molar-refractivity contribution in [3.8, 4) is 0 Å². The van der Waals surface area contributed by atoms with E-state index in [-0.39, 0.29) is 26.2 Å². The molecule has 0 saturated carbocycles. The third kappa shape index (κ3) is 14.3. The minimum atomic E-state index is -0.629. The first-order valence-electron chi connectivity index (χ1n) is 9.13. The molecule has 0 saturated heterocycles. The molecule has 0 unspecified atom stereocenters. The molecule has 0 bridgehead atoms. The van der Waals surface area contributed by atoms with Gasteiger partial charge >= 0.3 is 18.2 Å². The summed E-state index contributed by atoms with van der Waals surface area (Å²) in [4.78, 5) is 34.4. The Labute approximate surface area is 177 Å². The molecule has 9 heteroatoms. The average molecular weight is 418 g/mol. The quantitative estimate of drug-likeness (QED) is 0.270. The Hall–Kier alpha value is -3.75. The van der Waals surface area contributed by atoms with Crippen molar-refractivity contribution in [2.24, 2.45) is 0 Å². The minimum absolute atomic E-state index is 0.00939. The maximum absolute atomic E-state index is 11.7. The molecule has 0 heterocycles. The van der Waals surface area contributed by atoms with E-state index in [0.29, 0.717) is 6.54 Å². The topological polar surface area (TPSA) is 118 Å². The van der Waals surface area contributed by atoms with Crippen molar-refractivity contribution in [1.29, 1.82) is 0 Å². The Morgan fingerprint density at radius 1 is 0.867 bits per heavy atom. The Balaban J connectivity index is 4.11. The van der Waals surface area contributed by atoms with Crippen LogP contribution in [0.15, 0.2) is 73.4 Å². The predicted octanol–water partition coefficient (Wildman–Crippen LogP) is 2.33. The predicted molar refractivity (Wildman–Crippen MR) is 117 cm³/mol. The number of hydrogen-bond donors (Lipinski definition) is 4. The fourth-order valence-electron chi connectivity index (χ4n) is 1.88. The summed E-state index contributed by atoms with van der Waals surface area (Å²) in [5, 5.41) is 10.3. The van der Waals surface area contributed by atoms with Gasteiger partial charge in [-0.15, -0.1) is 0 Å². The number of carbonyl (C=O) groups is 3. The molecular weight excluding hydrogens is 388 g/mol. The molecule has 0 aliphatic heterocycles. The van der Waals surface area contributed by atoms with Crippen LogP contribution < -0.4 is 21.3 Å². The molecule has 0 aromatic heterocycles. The van der Waals surface area contributed by atoms with E-state index < -0.39 is 18.2 Å². The van der Waals surface area contributed by atoms with E-state index in [4.69, 9.17) is 4.74 Å². The van der Waals surface area contributed by atoms with E-state index in [2.05, 4.69) is 45.7 Å². The van der Waals surface area contributed by atoms with E-state index in [1.165, 1.54) is 7.11 Å². The molecule has 0 aromatic carbocycles. The molecule has 4 amide bonds. The molecular formula is C21H30N4O5. The molecule has 0 radical (unpaired) electrons. The zero-order valence-electron chi connectivity index (χ0n) is 17.2. The molecule has 0 aliphatic rings. The Morgan fingerprint density at radius 2 is 1.53 bits per heavy atom. The lowest BCUT2D eigenvalue weighted by Gasteiger charge is -2.10. The van der Waals surface area contributed by atoms with Gasteiger partial charge in [-0.3, -0.25) is 0 Å². The molecule has 0 fully saturated rings. The summed E-state index contributed by atoms with van der Waals surface area (Å²) in [6, 6.07) is -0.391. The van der Waals surface area contributed by atoms with Gasteiger partial charge in [0.05, 0.1) is 13.7 Å². The third-order valence-electron chi connectivity index (χ3n) is 3.32. The first kappa shape index (κ1) is 26.2. The normalized spacial score (nSPS) is 11.2. The number of alkyl carbamates (subject to hydrolysis) is 2. The number of amides is 4. The van der Waals surface area contributed by atoms with Crippen LogP contribution in [-0.4, -0.2) is 58.1 Å². The zero-order valence-corrected chi connectivity index (χ0v) is 17.2. The van der Waals surface area contributed by atoms with Crippen LogP contribution in [0.25, 0.3) is 0 Å². The van der Waals surface area contributed by atoms with Crippen LogP contribution in [0.1, 0.15) is 0 Å². The van der Waals surface area contributed by atoms with Gasteiger partial charge in [-0.2, -0.15) is 0 Å². The molecule has 0 aliphatic carbocycles. The molecule has 0 rings (SSSR count). The Morgan fingerprint density at radius 3 is 2.17 bits per heavy atom. The molecule has 4 N–H and O–H groups in total. The molecule has 9 nitrogen and oxygen atoms in total. The average Bonchev–Trinajstić information content (AvgIpc) is 2.74. The van der Waals surface area contributed by atoms with Gasteiger partial charge in [0.1, 0.15) is 6.61 Å². The summed E-state index contributed by atoms with van der Waals surface area (Å²) >= 11 is 0. The Kier molecular flexibility index (Phi) is 15.2. The number of urea groups is 1. The van der Waals surface area contributed by atoms with Gasteiger partial charge in [0.2, 0.25) is 0 Å². The van der Waals surface area contributed by atoms with Crippen LogP contribution in [0.3, 0.4) is 0 Å². The number of allylic oxidation sites excluding steroid dienone is 4.